The first-order chi connectivity index (χ1) is 9.56. The molecule has 0 fully saturated rings. The number of nitrogens with zero attached hydrogens (tertiary/aromatic N) is 1. The highest BCUT2D eigenvalue weighted by Crippen LogP contribution is 2.16. The summed E-state index contributed by atoms with van der Waals surface area (Å²) in [6.07, 6.45) is 0.475. The monoisotopic (exact) mass is 283 g/mol. The SMILES string of the molecule is C=CCOC(/C=[N+](\[O-])OC(=O)OC)c1ccc(F)cc1. The van der Waals surface area contributed by atoms with E-state index in [1.807, 2.05) is 0 Å². The first-order valence-electron chi connectivity index (χ1n) is 5.62. The van der Waals surface area contributed by atoms with E-state index in [0.29, 0.717) is 5.56 Å². The summed E-state index contributed by atoms with van der Waals surface area (Å²) < 4.78 is 22.4. The zero-order valence-electron chi connectivity index (χ0n) is 10.8. The van der Waals surface area contributed by atoms with Gasteiger partial charge in [0.15, 0.2) is 6.10 Å². The fraction of sp³-hybridized carbons (Fsp3) is 0.231. The Morgan fingerprint density at radius 2 is 2.15 bits per heavy atom. The minimum atomic E-state index is -1.15. The lowest BCUT2D eigenvalue weighted by Crippen LogP contribution is -2.18. The Bertz CT molecular complexity index is 486. The van der Waals surface area contributed by atoms with Crippen LogP contribution in [0.2, 0.25) is 0 Å². The van der Waals surface area contributed by atoms with Gasteiger partial charge in [0, 0.05) is 4.90 Å². The van der Waals surface area contributed by atoms with Gasteiger partial charge < -0.3 is 9.47 Å². The Labute approximate surface area is 115 Å². The van der Waals surface area contributed by atoms with Gasteiger partial charge in [-0.15, -0.1) is 6.58 Å². The van der Waals surface area contributed by atoms with Crippen LogP contribution in [0.4, 0.5) is 9.18 Å². The van der Waals surface area contributed by atoms with Crippen molar-refractivity contribution in [2.45, 2.75) is 6.10 Å². The topological polar surface area (TPSA) is 70.8 Å². The molecule has 0 amide bonds. The third kappa shape index (κ3) is 5.07. The van der Waals surface area contributed by atoms with Gasteiger partial charge in [-0.25, -0.2) is 9.18 Å². The van der Waals surface area contributed by atoms with E-state index in [1.54, 1.807) is 0 Å². The summed E-state index contributed by atoms with van der Waals surface area (Å²) >= 11 is 0. The van der Waals surface area contributed by atoms with E-state index in [0.717, 1.165) is 13.3 Å². The molecule has 0 bridgehead atoms. The van der Waals surface area contributed by atoms with Gasteiger partial charge in [-0.1, -0.05) is 18.2 Å². The maximum Gasteiger partial charge on any atom is 0.438 e. The first-order valence-corrected chi connectivity index (χ1v) is 5.62. The molecule has 0 N–H and O–H groups in total. The van der Waals surface area contributed by atoms with Crippen molar-refractivity contribution in [3.8, 4) is 0 Å². The van der Waals surface area contributed by atoms with Crippen LogP contribution in [0, 0.1) is 11.0 Å². The van der Waals surface area contributed by atoms with E-state index in [4.69, 9.17) is 4.74 Å². The van der Waals surface area contributed by atoms with Crippen molar-refractivity contribution in [1.29, 1.82) is 0 Å². The zero-order chi connectivity index (χ0) is 15.0. The van der Waals surface area contributed by atoms with Crippen LogP contribution in [-0.2, 0) is 14.3 Å². The van der Waals surface area contributed by atoms with Crippen LogP contribution in [0.15, 0.2) is 36.9 Å². The standard InChI is InChI=1S/C13H14FNO5/c1-3-8-19-12(9-15(17)20-13(16)18-2)10-4-6-11(14)7-5-10/h3-7,9,12H,1,8H2,2H3/b15-9+. The highest BCUT2D eigenvalue weighted by atomic mass is 19.1. The van der Waals surface area contributed by atoms with Crippen molar-refractivity contribution in [3.63, 3.8) is 0 Å². The van der Waals surface area contributed by atoms with Crippen LogP contribution in [0.5, 0.6) is 0 Å². The van der Waals surface area contributed by atoms with Gasteiger partial charge in [0.05, 0.1) is 13.7 Å². The number of ether oxygens (including phenoxy) is 2. The largest absolute Gasteiger partial charge is 0.456 e. The molecule has 1 aromatic carbocycles. The molecule has 20 heavy (non-hydrogen) atoms. The number of rotatable bonds is 6. The molecule has 0 aliphatic rings. The van der Waals surface area contributed by atoms with Gasteiger partial charge >= 0.3 is 6.16 Å². The van der Waals surface area contributed by atoms with Crippen LogP contribution in [-0.4, -0.2) is 31.0 Å². The predicted octanol–water partition coefficient (Wildman–Crippen LogP) is 2.35. The van der Waals surface area contributed by atoms with E-state index >= 15 is 0 Å². The fourth-order valence-corrected chi connectivity index (χ4v) is 1.30. The molecule has 0 saturated carbocycles. The molecule has 1 aromatic rings. The Kier molecular flexibility index (Phi) is 6.18. The summed E-state index contributed by atoms with van der Waals surface area (Å²) in [7, 11) is 1.07. The van der Waals surface area contributed by atoms with Gasteiger partial charge in [-0.2, -0.15) is 0 Å². The molecular formula is C13H14FNO5. The second-order valence-electron chi connectivity index (χ2n) is 3.57. The maximum absolute atomic E-state index is 12.9. The zero-order valence-corrected chi connectivity index (χ0v) is 10.8. The van der Waals surface area contributed by atoms with Gasteiger partial charge in [-0.3, -0.25) is 10.0 Å². The van der Waals surface area contributed by atoms with E-state index in [9.17, 15) is 14.4 Å². The van der Waals surface area contributed by atoms with Crippen molar-refractivity contribution in [2.24, 2.45) is 0 Å². The minimum absolute atomic E-state index is 0.0804. The minimum Gasteiger partial charge on any atom is -0.456 e. The molecule has 0 aromatic heterocycles. The average Bonchev–Trinajstić information content (AvgIpc) is 2.44. The van der Waals surface area contributed by atoms with Gasteiger partial charge in [0.1, 0.15) is 5.82 Å². The van der Waals surface area contributed by atoms with Crippen LogP contribution in [0.3, 0.4) is 0 Å². The van der Waals surface area contributed by atoms with Gasteiger partial charge in [0.25, 0.3) is 0 Å². The molecule has 0 aliphatic heterocycles. The van der Waals surface area contributed by atoms with Crippen molar-refractivity contribution in [3.05, 3.63) is 53.5 Å². The van der Waals surface area contributed by atoms with Crippen molar-refractivity contribution in [1.82, 2.24) is 0 Å². The Morgan fingerprint density at radius 1 is 1.50 bits per heavy atom. The number of methoxy groups -OCH3 is 1. The maximum atomic E-state index is 12.9. The number of carbonyl (C=O) groups is 1. The number of halogens is 1. The Balaban J connectivity index is 2.88. The first kappa shape index (κ1) is 15.6. The number of carbonyl (C=O) groups excluding carboxylic acids is 1. The molecule has 7 heteroatoms. The molecule has 0 radical (unpaired) electrons. The molecule has 6 nitrogen and oxygen atoms in total. The molecule has 1 rings (SSSR count). The van der Waals surface area contributed by atoms with Crippen LogP contribution < -0.4 is 0 Å². The van der Waals surface area contributed by atoms with E-state index in [1.165, 1.54) is 30.3 Å². The fourth-order valence-electron chi connectivity index (χ4n) is 1.30. The summed E-state index contributed by atoms with van der Waals surface area (Å²) in [5.74, 6) is -0.416. The Morgan fingerprint density at radius 3 is 2.70 bits per heavy atom. The molecule has 0 spiro atoms. The molecule has 1 atom stereocenters. The predicted molar refractivity (Wildman–Crippen MR) is 68.5 cm³/mol. The third-order valence-corrected chi connectivity index (χ3v) is 2.18. The third-order valence-electron chi connectivity index (χ3n) is 2.18. The summed E-state index contributed by atoms with van der Waals surface area (Å²) in [6, 6.07) is 5.35. The quantitative estimate of drug-likeness (QED) is 0.200. The average molecular weight is 283 g/mol. The molecule has 108 valence electrons. The molecular weight excluding hydrogens is 269 g/mol. The highest BCUT2D eigenvalue weighted by molar-refractivity contribution is 5.62. The van der Waals surface area contributed by atoms with Crippen LogP contribution in [0.25, 0.3) is 0 Å². The van der Waals surface area contributed by atoms with Crippen LogP contribution in [0.1, 0.15) is 11.7 Å². The van der Waals surface area contributed by atoms with Gasteiger partial charge in [0.2, 0.25) is 6.21 Å². The molecule has 0 aliphatic carbocycles. The van der Waals surface area contributed by atoms with Crippen molar-refractivity contribution >= 4 is 12.4 Å². The van der Waals surface area contributed by atoms with Crippen LogP contribution >= 0.6 is 0 Å². The van der Waals surface area contributed by atoms with Crippen molar-refractivity contribution < 1.29 is 28.4 Å². The van der Waals surface area contributed by atoms with E-state index < -0.39 is 18.1 Å². The summed E-state index contributed by atoms with van der Waals surface area (Å²) in [5, 5.41) is 11.4. The summed E-state index contributed by atoms with van der Waals surface area (Å²) in [4.78, 5) is 14.9. The number of benzene rings is 1. The lowest BCUT2D eigenvalue weighted by Gasteiger charge is -2.11. The molecule has 1 unspecified atom stereocenters. The van der Waals surface area contributed by atoms with E-state index in [2.05, 4.69) is 16.2 Å². The summed E-state index contributed by atoms with van der Waals surface area (Å²) in [6.45, 7) is 3.64. The highest BCUT2D eigenvalue weighted by Gasteiger charge is 2.16. The lowest BCUT2D eigenvalue weighted by atomic mass is 10.1. The smallest absolute Gasteiger partial charge is 0.438 e. The lowest BCUT2D eigenvalue weighted by molar-refractivity contribution is -0.712. The molecule has 0 heterocycles. The number of hydrogen-bond acceptors (Lipinski definition) is 5. The second-order valence-corrected chi connectivity index (χ2v) is 3.57. The number of hydrogen-bond donors (Lipinski definition) is 0. The Hall–Kier alpha value is -2.41. The second kappa shape index (κ2) is 7.90. The van der Waals surface area contributed by atoms with Crippen molar-refractivity contribution in [2.75, 3.05) is 13.7 Å². The van der Waals surface area contributed by atoms with E-state index in [-0.39, 0.29) is 11.5 Å². The summed E-state index contributed by atoms with van der Waals surface area (Å²) in [5.41, 5.74) is 0.516. The molecule has 0 saturated heterocycles. The normalized spacial score (nSPS) is 12.6. The van der Waals surface area contributed by atoms with Gasteiger partial charge in [-0.05, 0) is 17.7 Å².